The van der Waals surface area contributed by atoms with Crippen LogP contribution in [-0.4, -0.2) is 30.2 Å². The van der Waals surface area contributed by atoms with E-state index in [9.17, 15) is 4.79 Å². The Kier molecular flexibility index (Phi) is 4.44. The summed E-state index contributed by atoms with van der Waals surface area (Å²) >= 11 is 5.82. The second kappa shape index (κ2) is 6.07. The lowest BCUT2D eigenvalue weighted by atomic mass is 10.2. The minimum atomic E-state index is -0.244. The summed E-state index contributed by atoms with van der Waals surface area (Å²) < 4.78 is 5.28. The number of hydrogen-bond donors (Lipinski definition) is 1. The van der Waals surface area contributed by atoms with Gasteiger partial charge in [0.05, 0.1) is 6.54 Å². The molecule has 1 aliphatic rings. The summed E-state index contributed by atoms with van der Waals surface area (Å²) in [4.78, 5) is 13.4. The number of halogens is 1. The quantitative estimate of drug-likeness (QED) is 0.892. The maximum absolute atomic E-state index is 11.7. The average Bonchev–Trinajstić information content (AvgIpc) is 2.70. The molecule has 1 fully saturated rings. The molecule has 1 unspecified atom stereocenters. The molecule has 1 heterocycles. The van der Waals surface area contributed by atoms with Crippen molar-refractivity contribution in [1.82, 2.24) is 4.90 Å². The number of nitrogens with two attached hydrogens (primary N) is 1. The van der Waals surface area contributed by atoms with Crippen molar-refractivity contribution in [2.75, 3.05) is 13.1 Å². The highest BCUT2D eigenvalue weighted by Crippen LogP contribution is 2.19. The highest BCUT2D eigenvalue weighted by molar-refractivity contribution is 6.30. The van der Waals surface area contributed by atoms with E-state index < -0.39 is 0 Å². The molecule has 1 atom stereocenters. The van der Waals surface area contributed by atoms with Gasteiger partial charge in [-0.15, -0.1) is 0 Å². The Morgan fingerprint density at radius 3 is 2.78 bits per heavy atom. The van der Waals surface area contributed by atoms with Crippen molar-refractivity contribution in [2.45, 2.75) is 25.5 Å². The molecule has 5 heteroatoms. The molecule has 2 N–H and O–H groups in total. The Labute approximate surface area is 112 Å². The molecule has 1 aromatic rings. The molecule has 18 heavy (non-hydrogen) atoms. The van der Waals surface area contributed by atoms with Gasteiger partial charge in [-0.2, -0.15) is 0 Å². The van der Waals surface area contributed by atoms with Crippen LogP contribution in [0.2, 0.25) is 5.02 Å². The molecule has 1 aromatic carbocycles. The molecule has 0 radical (unpaired) electrons. The minimum absolute atomic E-state index is 0.0200. The van der Waals surface area contributed by atoms with Gasteiger partial charge in [0.2, 0.25) is 0 Å². The van der Waals surface area contributed by atoms with Crippen LogP contribution in [-0.2, 0) is 11.3 Å². The predicted molar refractivity (Wildman–Crippen MR) is 70.4 cm³/mol. The first-order valence-corrected chi connectivity index (χ1v) is 6.47. The molecule has 1 saturated heterocycles. The van der Waals surface area contributed by atoms with Crippen molar-refractivity contribution in [3.8, 4) is 0 Å². The Morgan fingerprint density at radius 2 is 2.11 bits per heavy atom. The van der Waals surface area contributed by atoms with Gasteiger partial charge in [0.25, 0.3) is 0 Å². The normalized spacial score (nSPS) is 19.1. The van der Waals surface area contributed by atoms with E-state index in [1.807, 2.05) is 24.3 Å². The predicted octanol–water partition coefficient (Wildman–Crippen LogP) is 2.40. The Balaban J connectivity index is 1.90. The molecule has 98 valence electrons. The smallest absolute Gasteiger partial charge is 0.410 e. The number of carbonyl (C=O) groups is 1. The first kappa shape index (κ1) is 13.2. The van der Waals surface area contributed by atoms with E-state index in [-0.39, 0.29) is 12.2 Å². The molecule has 0 bridgehead atoms. The van der Waals surface area contributed by atoms with Gasteiger partial charge in [0.1, 0.15) is 6.10 Å². The number of carbonyl (C=O) groups excluding carboxylic acids is 1. The Hall–Kier alpha value is -1.26. The van der Waals surface area contributed by atoms with E-state index in [4.69, 9.17) is 22.1 Å². The number of nitrogens with zero attached hydrogens (tertiary/aromatic N) is 1. The zero-order valence-corrected chi connectivity index (χ0v) is 10.9. The van der Waals surface area contributed by atoms with E-state index in [1.54, 1.807) is 4.90 Å². The molecular weight excluding hydrogens is 252 g/mol. The second-order valence-corrected chi connectivity index (χ2v) is 4.88. The van der Waals surface area contributed by atoms with Crippen LogP contribution in [0, 0.1) is 0 Å². The molecular formula is C13H17ClN2O2. The molecule has 0 spiro atoms. The lowest BCUT2D eigenvalue weighted by molar-refractivity contribution is 0.127. The molecule has 4 nitrogen and oxygen atoms in total. The summed E-state index contributed by atoms with van der Waals surface area (Å²) in [5.74, 6) is 0. The fourth-order valence-corrected chi connectivity index (χ4v) is 2.14. The standard InChI is InChI=1S/C13H17ClN2O2/c14-11-5-3-10(4-6-11)8-16-9-12(2-1-7-15)18-13(16)17/h3-6,12H,1-2,7-9,15H2. The van der Waals surface area contributed by atoms with Gasteiger partial charge in [-0.25, -0.2) is 4.79 Å². The molecule has 1 aliphatic heterocycles. The highest BCUT2D eigenvalue weighted by Gasteiger charge is 2.30. The largest absolute Gasteiger partial charge is 0.444 e. The number of rotatable bonds is 5. The minimum Gasteiger partial charge on any atom is -0.444 e. The fraction of sp³-hybridized carbons (Fsp3) is 0.462. The van der Waals surface area contributed by atoms with Crippen molar-refractivity contribution in [2.24, 2.45) is 5.73 Å². The van der Waals surface area contributed by atoms with E-state index in [0.717, 1.165) is 18.4 Å². The monoisotopic (exact) mass is 268 g/mol. The first-order chi connectivity index (χ1) is 8.69. The number of cyclic esters (lactones) is 1. The lowest BCUT2D eigenvalue weighted by Crippen LogP contribution is -2.24. The van der Waals surface area contributed by atoms with Crippen molar-refractivity contribution >= 4 is 17.7 Å². The van der Waals surface area contributed by atoms with Crippen LogP contribution >= 0.6 is 11.6 Å². The van der Waals surface area contributed by atoms with Crippen LogP contribution in [0.1, 0.15) is 18.4 Å². The average molecular weight is 269 g/mol. The van der Waals surface area contributed by atoms with Crippen molar-refractivity contribution in [1.29, 1.82) is 0 Å². The summed E-state index contributed by atoms with van der Waals surface area (Å²) in [6.07, 6.45) is 1.45. The number of amides is 1. The summed E-state index contributed by atoms with van der Waals surface area (Å²) in [5.41, 5.74) is 6.50. The summed E-state index contributed by atoms with van der Waals surface area (Å²) in [6.45, 7) is 1.84. The van der Waals surface area contributed by atoms with E-state index in [2.05, 4.69) is 0 Å². The maximum atomic E-state index is 11.7. The van der Waals surface area contributed by atoms with Crippen LogP contribution in [0.25, 0.3) is 0 Å². The van der Waals surface area contributed by atoms with Gasteiger partial charge < -0.3 is 15.4 Å². The van der Waals surface area contributed by atoms with Gasteiger partial charge in [-0.05, 0) is 37.1 Å². The molecule has 1 amide bonds. The van der Waals surface area contributed by atoms with Crippen LogP contribution in [0.15, 0.2) is 24.3 Å². The van der Waals surface area contributed by atoms with Crippen molar-refractivity contribution in [3.63, 3.8) is 0 Å². The maximum Gasteiger partial charge on any atom is 0.410 e. The van der Waals surface area contributed by atoms with Gasteiger partial charge in [0.15, 0.2) is 0 Å². The van der Waals surface area contributed by atoms with Gasteiger partial charge >= 0.3 is 6.09 Å². The van der Waals surface area contributed by atoms with Gasteiger partial charge in [-0.1, -0.05) is 23.7 Å². The zero-order chi connectivity index (χ0) is 13.0. The molecule has 0 aromatic heterocycles. The van der Waals surface area contributed by atoms with E-state index in [1.165, 1.54) is 0 Å². The summed E-state index contributed by atoms with van der Waals surface area (Å²) in [6, 6.07) is 7.49. The second-order valence-electron chi connectivity index (χ2n) is 4.44. The summed E-state index contributed by atoms with van der Waals surface area (Å²) in [5, 5.41) is 0.698. The SMILES string of the molecule is NCCCC1CN(Cc2ccc(Cl)cc2)C(=O)O1. The number of ether oxygens (including phenoxy) is 1. The lowest BCUT2D eigenvalue weighted by Gasteiger charge is -2.12. The van der Waals surface area contributed by atoms with Gasteiger partial charge in [0, 0.05) is 11.6 Å². The molecule has 0 saturated carbocycles. The van der Waals surface area contributed by atoms with Gasteiger partial charge in [-0.3, -0.25) is 0 Å². The van der Waals surface area contributed by atoms with Crippen LogP contribution in [0.5, 0.6) is 0 Å². The van der Waals surface area contributed by atoms with Crippen molar-refractivity contribution < 1.29 is 9.53 Å². The molecule has 0 aliphatic carbocycles. The fourth-order valence-electron chi connectivity index (χ4n) is 2.01. The van der Waals surface area contributed by atoms with Crippen LogP contribution in [0.4, 0.5) is 4.79 Å². The summed E-state index contributed by atoms with van der Waals surface area (Å²) in [7, 11) is 0. The van der Waals surface area contributed by atoms with E-state index >= 15 is 0 Å². The zero-order valence-electron chi connectivity index (χ0n) is 10.1. The van der Waals surface area contributed by atoms with Crippen LogP contribution in [0.3, 0.4) is 0 Å². The number of benzene rings is 1. The first-order valence-electron chi connectivity index (χ1n) is 6.09. The molecule has 2 rings (SSSR count). The number of hydrogen-bond acceptors (Lipinski definition) is 3. The van der Waals surface area contributed by atoms with Crippen LogP contribution < -0.4 is 5.73 Å². The van der Waals surface area contributed by atoms with Crippen molar-refractivity contribution in [3.05, 3.63) is 34.9 Å². The Morgan fingerprint density at radius 1 is 1.39 bits per heavy atom. The Bertz CT molecular complexity index is 408. The third kappa shape index (κ3) is 3.37. The van der Waals surface area contributed by atoms with E-state index in [0.29, 0.717) is 24.7 Å². The topological polar surface area (TPSA) is 55.6 Å². The third-order valence-electron chi connectivity index (χ3n) is 2.97. The third-order valence-corrected chi connectivity index (χ3v) is 3.22. The highest BCUT2D eigenvalue weighted by atomic mass is 35.5.